The second kappa shape index (κ2) is 7.69. The average Bonchev–Trinajstić information content (AvgIpc) is 2.97. The standard InChI is InChI=1S/C21H26BrClN4O2/c1-12-19(26-9-7-21(8-10-26)11-29-13(2)18(21)24)25-14(3)27(20(12)28)16-6-4-5-15(23)17(16)22/h4-6,13,18H,7-11,24H2,1-3H3/t13-,18+/m1/s1. The van der Waals surface area contributed by atoms with Gasteiger partial charge in [0.25, 0.3) is 5.56 Å². The van der Waals surface area contributed by atoms with Crippen molar-refractivity contribution in [3.8, 4) is 5.69 Å². The molecule has 4 rings (SSSR count). The Hall–Kier alpha value is -1.41. The van der Waals surface area contributed by atoms with Gasteiger partial charge in [0.15, 0.2) is 0 Å². The van der Waals surface area contributed by atoms with Crippen LogP contribution in [-0.4, -0.2) is 41.4 Å². The van der Waals surface area contributed by atoms with Crippen molar-refractivity contribution in [2.75, 3.05) is 24.6 Å². The Morgan fingerprint density at radius 2 is 2.00 bits per heavy atom. The van der Waals surface area contributed by atoms with Gasteiger partial charge in [0.2, 0.25) is 0 Å². The summed E-state index contributed by atoms with van der Waals surface area (Å²) in [4.78, 5) is 20.3. The van der Waals surface area contributed by atoms with Gasteiger partial charge in [-0.25, -0.2) is 4.98 Å². The van der Waals surface area contributed by atoms with Crippen LogP contribution in [0.3, 0.4) is 0 Å². The summed E-state index contributed by atoms with van der Waals surface area (Å²) >= 11 is 9.73. The number of hydrogen-bond acceptors (Lipinski definition) is 5. The third-order valence-corrected chi connectivity index (χ3v) is 7.90. The lowest BCUT2D eigenvalue weighted by Crippen LogP contribution is -2.51. The van der Waals surface area contributed by atoms with E-state index in [1.165, 1.54) is 0 Å². The fraction of sp³-hybridized carbons (Fsp3) is 0.524. The molecule has 29 heavy (non-hydrogen) atoms. The monoisotopic (exact) mass is 480 g/mol. The molecule has 2 saturated heterocycles. The number of nitrogens with two attached hydrogens (primary N) is 1. The Morgan fingerprint density at radius 3 is 2.62 bits per heavy atom. The van der Waals surface area contributed by atoms with Crippen LogP contribution < -0.4 is 16.2 Å². The van der Waals surface area contributed by atoms with E-state index in [1.54, 1.807) is 10.6 Å². The largest absolute Gasteiger partial charge is 0.376 e. The van der Waals surface area contributed by atoms with Gasteiger partial charge >= 0.3 is 0 Å². The summed E-state index contributed by atoms with van der Waals surface area (Å²) in [6, 6.07) is 5.54. The number of hydrogen-bond donors (Lipinski definition) is 1. The quantitative estimate of drug-likeness (QED) is 0.709. The number of rotatable bonds is 2. The SMILES string of the molecule is Cc1c(N2CCC3(CC2)CO[C@H](C)[C@@H]3N)nc(C)n(-c2cccc(Cl)c2Br)c1=O. The minimum absolute atomic E-state index is 0.0412. The predicted molar refractivity (Wildman–Crippen MR) is 119 cm³/mol. The average molecular weight is 482 g/mol. The molecule has 156 valence electrons. The molecule has 3 heterocycles. The van der Waals surface area contributed by atoms with Gasteiger partial charge in [0, 0.05) is 24.5 Å². The summed E-state index contributed by atoms with van der Waals surface area (Å²) in [6.45, 7) is 8.11. The summed E-state index contributed by atoms with van der Waals surface area (Å²) in [7, 11) is 0. The zero-order chi connectivity index (χ0) is 20.9. The maximum Gasteiger partial charge on any atom is 0.263 e. The summed E-state index contributed by atoms with van der Waals surface area (Å²) in [5.74, 6) is 1.39. The Bertz CT molecular complexity index is 1000. The van der Waals surface area contributed by atoms with Crippen molar-refractivity contribution in [1.82, 2.24) is 9.55 Å². The second-order valence-electron chi connectivity index (χ2n) is 8.21. The number of ether oxygens (including phenoxy) is 1. The molecule has 2 aliphatic heterocycles. The van der Waals surface area contributed by atoms with E-state index in [1.807, 2.05) is 26.0 Å². The van der Waals surface area contributed by atoms with Gasteiger partial charge in [-0.3, -0.25) is 9.36 Å². The van der Waals surface area contributed by atoms with Gasteiger partial charge in [-0.05, 0) is 61.7 Å². The minimum Gasteiger partial charge on any atom is -0.376 e. The van der Waals surface area contributed by atoms with Gasteiger partial charge in [-0.2, -0.15) is 0 Å². The molecule has 0 saturated carbocycles. The van der Waals surface area contributed by atoms with Crippen LogP contribution >= 0.6 is 27.5 Å². The van der Waals surface area contributed by atoms with Crippen LogP contribution in [0.2, 0.25) is 5.02 Å². The van der Waals surface area contributed by atoms with Crippen LogP contribution in [-0.2, 0) is 4.74 Å². The lowest BCUT2D eigenvalue weighted by atomic mass is 9.73. The van der Waals surface area contributed by atoms with Crippen LogP contribution in [0.15, 0.2) is 27.5 Å². The molecular formula is C21H26BrClN4O2. The molecule has 2 aliphatic rings. The molecule has 2 N–H and O–H groups in total. The van der Waals surface area contributed by atoms with Crippen molar-refractivity contribution in [2.45, 2.75) is 45.8 Å². The van der Waals surface area contributed by atoms with Gasteiger partial charge in [-0.15, -0.1) is 0 Å². The number of halogens is 2. The highest BCUT2D eigenvalue weighted by Gasteiger charge is 2.47. The van der Waals surface area contributed by atoms with E-state index >= 15 is 0 Å². The van der Waals surface area contributed by atoms with Crippen LogP contribution in [0, 0.1) is 19.3 Å². The normalized spacial score (nSPS) is 23.7. The predicted octanol–water partition coefficient (Wildman–Crippen LogP) is 3.60. The summed E-state index contributed by atoms with van der Waals surface area (Å²) in [5, 5.41) is 0.557. The molecule has 1 spiro atoms. The lowest BCUT2D eigenvalue weighted by molar-refractivity contribution is 0.0974. The van der Waals surface area contributed by atoms with E-state index in [-0.39, 0.29) is 23.1 Å². The fourth-order valence-electron chi connectivity index (χ4n) is 4.59. The highest BCUT2D eigenvalue weighted by atomic mass is 79.9. The highest BCUT2D eigenvalue weighted by molar-refractivity contribution is 9.10. The third-order valence-electron chi connectivity index (χ3n) is 6.53. The highest BCUT2D eigenvalue weighted by Crippen LogP contribution is 2.42. The minimum atomic E-state index is -0.0784. The number of piperidine rings is 1. The molecule has 2 atom stereocenters. The molecule has 0 aliphatic carbocycles. The molecule has 0 radical (unpaired) electrons. The summed E-state index contributed by atoms with van der Waals surface area (Å²) in [5.41, 5.74) is 7.73. The van der Waals surface area contributed by atoms with E-state index < -0.39 is 0 Å². The van der Waals surface area contributed by atoms with Crippen LogP contribution in [0.25, 0.3) is 5.69 Å². The number of benzene rings is 1. The van der Waals surface area contributed by atoms with Crippen LogP contribution in [0.4, 0.5) is 5.82 Å². The molecule has 0 amide bonds. The molecule has 0 bridgehead atoms. The first-order chi connectivity index (χ1) is 13.7. The van der Waals surface area contributed by atoms with E-state index in [4.69, 9.17) is 27.1 Å². The van der Waals surface area contributed by atoms with Crippen molar-refractivity contribution >= 4 is 33.3 Å². The molecule has 2 aromatic rings. The topological polar surface area (TPSA) is 73.4 Å². The van der Waals surface area contributed by atoms with Crippen LogP contribution in [0.1, 0.15) is 31.2 Å². The van der Waals surface area contributed by atoms with Gasteiger partial charge in [0.05, 0.1) is 33.5 Å². The van der Waals surface area contributed by atoms with Crippen molar-refractivity contribution < 1.29 is 4.74 Å². The van der Waals surface area contributed by atoms with E-state index in [0.29, 0.717) is 26.6 Å². The first-order valence-electron chi connectivity index (χ1n) is 9.92. The zero-order valence-corrected chi connectivity index (χ0v) is 19.3. The van der Waals surface area contributed by atoms with Crippen molar-refractivity contribution in [3.05, 3.63) is 49.4 Å². The van der Waals surface area contributed by atoms with E-state index in [0.717, 1.165) is 38.4 Å². The molecule has 6 nitrogen and oxygen atoms in total. The molecule has 0 unspecified atom stereocenters. The number of aryl methyl sites for hydroxylation is 1. The maximum absolute atomic E-state index is 13.3. The Labute approximate surface area is 184 Å². The molecule has 1 aromatic heterocycles. The van der Waals surface area contributed by atoms with Gasteiger partial charge in [0.1, 0.15) is 11.6 Å². The molecule has 1 aromatic carbocycles. The van der Waals surface area contributed by atoms with E-state index in [2.05, 4.69) is 27.8 Å². The third kappa shape index (κ3) is 3.42. The molecular weight excluding hydrogens is 456 g/mol. The Balaban J connectivity index is 1.66. The fourth-order valence-corrected chi connectivity index (χ4v) is 5.20. The van der Waals surface area contributed by atoms with Crippen LogP contribution in [0.5, 0.6) is 0 Å². The Morgan fingerprint density at radius 1 is 1.31 bits per heavy atom. The number of aromatic nitrogens is 2. The summed E-state index contributed by atoms with van der Waals surface area (Å²) < 4.78 is 8.12. The van der Waals surface area contributed by atoms with Crippen molar-refractivity contribution in [2.24, 2.45) is 11.1 Å². The second-order valence-corrected chi connectivity index (χ2v) is 9.41. The number of anilines is 1. The van der Waals surface area contributed by atoms with Gasteiger partial charge in [-0.1, -0.05) is 17.7 Å². The number of nitrogens with zero attached hydrogens (tertiary/aromatic N) is 3. The van der Waals surface area contributed by atoms with Crippen molar-refractivity contribution in [1.29, 1.82) is 0 Å². The molecule has 8 heteroatoms. The van der Waals surface area contributed by atoms with E-state index in [9.17, 15) is 4.79 Å². The maximum atomic E-state index is 13.3. The lowest BCUT2D eigenvalue weighted by Gasteiger charge is -2.42. The first-order valence-corrected chi connectivity index (χ1v) is 11.1. The first kappa shape index (κ1) is 20.8. The smallest absolute Gasteiger partial charge is 0.263 e. The molecule has 2 fully saturated rings. The summed E-state index contributed by atoms with van der Waals surface area (Å²) in [6.07, 6.45) is 1.99. The Kier molecular flexibility index (Phi) is 5.53. The van der Waals surface area contributed by atoms with Crippen molar-refractivity contribution in [3.63, 3.8) is 0 Å². The van der Waals surface area contributed by atoms with Gasteiger partial charge < -0.3 is 15.4 Å². The zero-order valence-electron chi connectivity index (χ0n) is 16.9.